The molecule has 0 fully saturated rings. The lowest BCUT2D eigenvalue weighted by molar-refractivity contribution is 0.402. The standard InChI is InChI=1S/C15H20ClN3O/c1-4-17-14(15-18-8-9-19(15)5-2)12-7-6-11(16)10-13(12)20-3/h6-10,14,17H,4-5H2,1-3H3. The molecule has 2 rings (SSSR count). The van der Waals surface area contributed by atoms with Crippen LogP contribution in [-0.2, 0) is 6.54 Å². The molecule has 0 aliphatic heterocycles. The summed E-state index contributed by atoms with van der Waals surface area (Å²) in [6.45, 7) is 5.90. The van der Waals surface area contributed by atoms with Crippen molar-refractivity contribution < 1.29 is 4.74 Å². The third-order valence-electron chi connectivity index (χ3n) is 3.26. The van der Waals surface area contributed by atoms with Crippen molar-refractivity contribution in [2.45, 2.75) is 26.4 Å². The second kappa shape index (κ2) is 6.77. The Kier molecular flexibility index (Phi) is 5.04. The van der Waals surface area contributed by atoms with Gasteiger partial charge in [-0.25, -0.2) is 4.98 Å². The summed E-state index contributed by atoms with van der Waals surface area (Å²) in [4.78, 5) is 4.49. The lowest BCUT2D eigenvalue weighted by atomic mass is 10.0. The zero-order valence-electron chi connectivity index (χ0n) is 12.1. The number of imidazole rings is 1. The average Bonchev–Trinajstić information content (AvgIpc) is 2.93. The number of rotatable bonds is 6. The third-order valence-corrected chi connectivity index (χ3v) is 3.50. The van der Waals surface area contributed by atoms with Gasteiger partial charge in [0.25, 0.3) is 0 Å². The van der Waals surface area contributed by atoms with Crippen LogP contribution in [0.1, 0.15) is 31.3 Å². The normalized spacial score (nSPS) is 12.4. The number of hydrogen-bond acceptors (Lipinski definition) is 3. The van der Waals surface area contributed by atoms with Crippen LogP contribution in [-0.4, -0.2) is 23.2 Å². The van der Waals surface area contributed by atoms with Crippen molar-refractivity contribution in [3.63, 3.8) is 0 Å². The Morgan fingerprint density at radius 1 is 1.40 bits per heavy atom. The van der Waals surface area contributed by atoms with Gasteiger partial charge in [0, 0.05) is 29.5 Å². The maximum atomic E-state index is 6.04. The number of aryl methyl sites for hydroxylation is 1. The van der Waals surface area contributed by atoms with Crippen LogP contribution in [0.5, 0.6) is 5.75 Å². The summed E-state index contributed by atoms with van der Waals surface area (Å²) in [5, 5.41) is 4.13. The first-order chi connectivity index (χ1) is 9.71. The quantitative estimate of drug-likeness (QED) is 0.888. The van der Waals surface area contributed by atoms with Crippen molar-refractivity contribution in [2.75, 3.05) is 13.7 Å². The van der Waals surface area contributed by atoms with Gasteiger partial charge in [0.15, 0.2) is 0 Å². The van der Waals surface area contributed by atoms with Gasteiger partial charge in [0.05, 0.1) is 13.2 Å². The molecular weight excluding hydrogens is 274 g/mol. The number of ether oxygens (including phenoxy) is 1. The highest BCUT2D eigenvalue weighted by Gasteiger charge is 2.21. The second-order valence-corrected chi connectivity index (χ2v) is 4.88. The maximum Gasteiger partial charge on any atom is 0.130 e. The fourth-order valence-electron chi connectivity index (χ4n) is 2.32. The molecule has 0 aliphatic rings. The molecule has 0 radical (unpaired) electrons. The Bertz CT molecular complexity index is 568. The minimum absolute atomic E-state index is 0.0119. The van der Waals surface area contributed by atoms with Gasteiger partial charge in [0.1, 0.15) is 11.6 Å². The van der Waals surface area contributed by atoms with E-state index in [1.807, 2.05) is 30.6 Å². The van der Waals surface area contributed by atoms with Crippen LogP contribution in [0.4, 0.5) is 0 Å². The van der Waals surface area contributed by atoms with E-state index in [1.54, 1.807) is 7.11 Å². The fourth-order valence-corrected chi connectivity index (χ4v) is 2.48. The van der Waals surface area contributed by atoms with Gasteiger partial charge in [-0.2, -0.15) is 0 Å². The van der Waals surface area contributed by atoms with Gasteiger partial charge in [-0.15, -0.1) is 0 Å². The Balaban J connectivity index is 2.48. The molecule has 0 bridgehead atoms. The molecule has 0 aliphatic carbocycles. The van der Waals surface area contributed by atoms with E-state index in [1.165, 1.54) is 0 Å². The lowest BCUT2D eigenvalue weighted by Gasteiger charge is -2.21. The Morgan fingerprint density at radius 2 is 2.20 bits per heavy atom. The van der Waals surface area contributed by atoms with Crippen molar-refractivity contribution >= 4 is 11.6 Å². The number of halogens is 1. The first-order valence-electron chi connectivity index (χ1n) is 6.79. The topological polar surface area (TPSA) is 39.1 Å². The van der Waals surface area contributed by atoms with E-state index in [2.05, 4.69) is 28.7 Å². The van der Waals surface area contributed by atoms with Gasteiger partial charge in [-0.05, 0) is 25.6 Å². The monoisotopic (exact) mass is 293 g/mol. The number of nitrogens with zero attached hydrogens (tertiary/aromatic N) is 2. The molecule has 4 nitrogen and oxygen atoms in total. The van der Waals surface area contributed by atoms with Crippen LogP contribution >= 0.6 is 11.6 Å². The number of benzene rings is 1. The molecule has 108 valence electrons. The smallest absolute Gasteiger partial charge is 0.130 e. The number of hydrogen-bond donors (Lipinski definition) is 1. The van der Waals surface area contributed by atoms with E-state index in [-0.39, 0.29) is 6.04 Å². The largest absolute Gasteiger partial charge is 0.496 e. The summed E-state index contributed by atoms with van der Waals surface area (Å²) >= 11 is 6.04. The van der Waals surface area contributed by atoms with Crippen molar-refractivity contribution in [3.05, 3.63) is 47.0 Å². The Hall–Kier alpha value is -1.52. The van der Waals surface area contributed by atoms with Gasteiger partial charge in [-0.3, -0.25) is 0 Å². The van der Waals surface area contributed by atoms with E-state index >= 15 is 0 Å². The van der Waals surface area contributed by atoms with Gasteiger partial charge < -0.3 is 14.6 Å². The van der Waals surface area contributed by atoms with Crippen molar-refractivity contribution in [2.24, 2.45) is 0 Å². The fraction of sp³-hybridized carbons (Fsp3) is 0.400. The predicted octanol–water partition coefficient (Wildman–Crippen LogP) is 3.26. The highest BCUT2D eigenvalue weighted by atomic mass is 35.5. The number of aromatic nitrogens is 2. The molecule has 1 heterocycles. The molecule has 0 amide bonds. The molecule has 1 aromatic heterocycles. The molecule has 1 N–H and O–H groups in total. The van der Waals surface area contributed by atoms with Crippen LogP contribution in [0.2, 0.25) is 5.02 Å². The second-order valence-electron chi connectivity index (χ2n) is 4.45. The first-order valence-corrected chi connectivity index (χ1v) is 7.16. The first kappa shape index (κ1) is 14.9. The molecule has 20 heavy (non-hydrogen) atoms. The molecule has 5 heteroatoms. The van der Waals surface area contributed by atoms with Gasteiger partial charge in [0.2, 0.25) is 0 Å². The maximum absolute atomic E-state index is 6.04. The van der Waals surface area contributed by atoms with Crippen LogP contribution in [0.3, 0.4) is 0 Å². The van der Waals surface area contributed by atoms with E-state index in [4.69, 9.17) is 16.3 Å². The molecule has 1 unspecified atom stereocenters. The predicted molar refractivity (Wildman–Crippen MR) is 81.4 cm³/mol. The Morgan fingerprint density at radius 3 is 2.85 bits per heavy atom. The zero-order chi connectivity index (χ0) is 14.5. The number of methoxy groups -OCH3 is 1. The highest BCUT2D eigenvalue weighted by Crippen LogP contribution is 2.31. The van der Waals surface area contributed by atoms with E-state index < -0.39 is 0 Å². The summed E-state index contributed by atoms with van der Waals surface area (Å²) in [5.41, 5.74) is 1.04. The summed E-state index contributed by atoms with van der Waals surface area (Å²) < 4.78 is 7.59. The molecule has 1 aromatic carbocycles. The summed E-state index contributed by atoms with van der Waals surface area (Å²) in [5.74, 6) is 1.75. The van der Waals surface area contributed by atoms with Crippen LogP contribution in [0.25, 0.3) is 0 Å². The Labute approximate surface area is 124 Å². The summed E-state index contributed by atoms with van der Waals surface area (Å²) in [7, 11) is 1.66. The molecule has 0 saturated heterocycles. The highest BCUT2D eigenvalue weighted by molar-refractivity contribution is 6.30. The van der Waals surface area contributed by atoms with E-state index in [0.29, 0.717) is 5.02 Å². The van der Waals surface area contributed by atoms with Crippen molar-refractivity contribution in [1.29, 1.82) is 0 Å². The molecule has 0 spiro atoms. The van der Waals surface area contributed by atoms with Crippen molar-refractivity contribution in [3.8, 4) is 5.75 Å². The van der Waals surface area contributed by atoms with Crippen molar-refractivity contribution in [1.82, 2.24) is 14.9 Å². The minimum atomic E-state index is -0.0119. The van der Waals surface area contributed by atoms with Gasteiger partial charge >= 0.3 is 0 Å². The van der Waals surface area contributed by atoms with Crippen LogP contribution < -0.4 is 10.1 Å². The zero-order valence-corrected chi connectivity index (χ0v) is 12.8. The van der Waals surface area contributed by atoms with E-state index in [0.717, 1.165) is 30.2 Å². The summed E-state index contributed by atoms with van der Waals surface area (Å²) in [6, 6.07) is 5.69. The van der Waals surface area contributed by atoms with Crippen LogP contribution in [0.15, 0.2) is 30.6 Å². The summed E-state index contributed by atoms with van der Waals surface area (Å²) in [6.07, 6.45) is 3.81. The average molecular weight is 294 g/mol. The molecule has 1 atom stereocenters. The molecular formula is C15H20ClN3O. The third kappa shape index (κ3) is 2.97. The van der Waals surface area contributed by atoms with Gasteiger partial charge in [-0.1, -0.05) is 24.6 Å². The number of nitrogens with one attached hydrogen (secondary N) is 1. The molecule has 2 aromatic rings. The van der Waals surface area contributed by atoms with Crippen LogP contribution in [0, 0.1) is 0 Å². The van der Waals surface area contributed by atoms with E-state index in [9.17, 15) is 0 Å². The minimum Gasteiger partial charge on any atom is -0.496 e. The molecule has 0 saturated carbocycles. The SMILES string of the molecule is CCNC(c1ccc(Cl)cc1OC)c1nccn1CC. The lowest BCUT2D eigenvalue weighted by Crippen LogP contribution is -2.25.